The molecule has 0 radical (unpaired) electrons. The number of carbonyl (C=O) groups is 1. The summed E-state index contributed by atoms with van der Waals surface area (Å²) in [6.07, 6.45) is 1.03. The number of fused-ring (bicyclic) bond motifs is 1. The van der Waals surface area contributed by atoms with E-state index in [1.165, 1.54) is 4.57 Å². The molecule has 134 valence electrons. The molecule has 0 aliphatic carbocycles. The number of benzene rings is 2. The van der Waals surface area contributed by atoms with Crippen LogP contribution in [0.4, 0.5) is 5.69 Å². The lowest BCUT2D eigenvalue weighted by atomic mass is 10.1. The normalized spacial score (nSPS) is 12.2. The van der Waals surface area contributed by atoms with E-state index in [2.05, 4.69) is 5.32 Å². The van der Waals surface area contributed by atoms with Crippen molar-refractivity contribution in [2.45, 2.75) is 33.4 Å². The highest BCUT2D eigenvalue weighted by atomic mass is 16.3. The molecule has 0 bridgehead atoms. The number of pyridine rings is 1. The van der Waals surface area contributed by atoms with Gasteiger partial charge in [0.05, 0.1) is 12.6 Å². The molecule has 1 amide bonds. The fourth-order valence-electron chi connectivity index (χ4n) is 3.16. The van der Waals surface area contributed by atoms with Crippen LogP contribution in [0.5, 0.6) is 0 Å². The zero-order chi connectivity index (χ0) is 18.8. The van der Waals surface area contributed by atoms with E-state index in [9.17, 15) is 14.7 Å². The summed E-state index contributed by atoms with van der Waals surface area (Å²) >= 11 is 0. The molecule has 2 N–H and O–H groups in total. The second kappa shape index (κ2) is 7.14. The maximum absolute atomic E-state index is 12.6. The Hall–Kier alpha value is -2.92. The maximum Gasteiger partial charge on any atom is 0.258 e. The Balaban J connectivity index is 1.99. The zero-order valence-electron chi connectivity index (χ0n) is 15.1. The van der Waals surface area contributed by atoms with Gasteiger partial charge in [0.2, 0.25) is 0 Å². The Morgan fingerprint density at radius 2 is 1.81 bits per heavy atom. The van der Waals surface area contributed by atoms with Crippen molar-refractivity contribution in [3.05, 3.63) is 75.7 Å². The minimum atomic E-state index is -0.613. The number of nitrogens with one attached hydrogen (secondary N) is 1. The standard InChI is InChI=1S/C21H22N2O3/c1-13-9-14(2)11-16(10-13)20(25)22-19-6-4-5-18-17(19)7-8-23(21(18)26)12-15(3)24/h4-11,15,24H,12H2,1-3H3,(H,22,25). The molecule has 0 aliphatic heterocycles. The van der Waals surface area contributed by atoms with Crippen LogP contribution in [0.15, 0.2) is 53.5 Å². The van der Waals surface area contributed by atoms with Crippen molar-refractivity contribution in [1.29, 1.82) is 0 Å². The molecule has 5 heteroatoms. The third-order valence-corrected chi connectivity index (χ3v) is 4.21. The topological polar surface area (TPSA) is 71.3 Å². The number of aliphatic hydroxyl groups is 1. The quantitative estimate of drug-likeness (QED) is 0.759. The van der Waals surface area contributed by atoms with Gasteiger partial charge < -0.3 is 15.0 Å². The van der Waals surface area contributed by atoms with Crippen molar-refractivity contribution in [1.82, 2.24) is 4.57 Å². The molecule has 0 aliphatic rings. The number of hydrogen-bond donors (Lipinski definition) is 2. The predicted molar refractivity (Wildman–Crippen MR) is 104 cm³/mol. The molecule has 1 heterocycles. The van der Waals surface area contributed by atoms with Crippen LogP contribution in [0, 0.1) is 13.8 Å². The van der Waals surface area contributed by atoms with Crippen LogP contribution in [0.2, 0.25) is 0 Å². The van der Waals surface area contributed by atoms with Crippen LogP contribution in [-0.2, 0) is 6.54 Å². The Kier molecular flexibility index (Phi) is 4.91. The Morgan fingerprint density at radius 3 is 2.46 bits per heavy atom. The summed E-state index contributed by atoms with van der Waals surface area (Å²) in [5.41, 5.74) is 3.03. The van der Waals surface area contributed by atoms with Crippen molar-refractivity contribution < 1.29 is 9.90 Å². The third-order valence-electron chi connectivity index (χ3n) is 4.21. The van der Waals surface area contributed by atoms with Gasteiger partial charge in [0.25, 0.3) is 11.5 Å². The monoisotopic (exact) mass is 350 g/mol. The van der Waals surface area contributed by atoms with E-state index in [4.69, 9.17) is 0 Å². The van der Waals surface area contributed by atoms with Crippen LogP contribution in [0.3, 0.4) is 0 Å². The fraction of sp³-hybridized carbons (Fsp3) is 0.238. The fourth-order valence-corrected chi connectivity index (χ4v) is 3.16. The highest BCUT2D eigenvalue weighted by molar-refractivity contribution is 6.09. The van der Waals surface area contributed by atoms with Gasteiger partial charge in [0, 0.05) is 28.2 Å². The van der Waals surface area contributed by atoms with Gasteiger partial charge in [-0.3, -0.25) is 9.59 Å². The van der Waals surface area contributed by atoms with Gasteiger partial charge in [0.1, 0.15) is 0 Å². The van der Waals surface area contributed by atoms with Crippen LogP contribution in [0.25, 0.3) is 10.8 Å². The Morgan fingerprint density at radius 1 is 1.12 bits per heavy atom. The minimum absolute atomic E-state index is 0.189. The van der Waals surface area contributed by atoms with Gasteiger partial charge >= 0.3 is 0 Å². The Labute approximate surface area is 151 Å². The first-order valence-corrected chi connectivity index (χ1v) is 8.55. The SMILES string of the molecule is Cc1cc(C)cc(C(=O)Nc2cccc3c(=O)n(CC(C)O)ccc23)c1. The van der Waals surface area contributed by atoms with Crippen molar-refractivity contribution in [2.24, 2.45) is 0 Å². The molecule has 1 atom stereocenters. The summed E-state index contributed by atoms with van der Waals surface area (Å²) in [4.78, 5) is 25.2. The molecule has 3 aromatic rings. The number of aliphatic hydroxyl groups excluding tert-OH is 1. The van der Waals surface area contributed by atoms with E-state index in [1.807, 2.05) is 32.0 Å². The predicted octanol–water partition coefficient (Wildman–Crippen LogP) is 3.25. The summed E-state index contributed by atoms with van der Waals surface area (Å²) < 4.78 is 1.47. The molecule has 0 saturated heterocycles. The third kappa shape index (κ3) is 3.68. The molecule has 1 unspecified atom stereocenters. The zero-order valence-corrected chi connectivity index (χ0v) is 15.1. The summed E-state index contributed by atoms with van der Waals surface area (Å²) in [6.45, 7) is 5.77. The van der Waals surface area contributed by atoms with Gasteiger partial charge in [-0.25, -0.2) is 0 Å². The molecule has 3 rings (SSSR count). The number of carbonyl (C=O) groups excluding carboxylic acids is 1. The average Bonchev–Trinajstić information content (AvgIpc) is 2.56. The molecule has 0 fully saturated rings. The Bertz CT molecular complexity index is 1010. The van der Waals surface area contributed by atoms with E-state index in [0.717, 1.165) is 11.1 Å². The molecular weight excluding hydrogens is 328 g/mol. The summed E-state index contributed by atoms with van der Waals surface area (Å²) in [7, 11) is 0. The summed E-state index contributed by atoms with van der Waals surface area (Å²) in [5, 5.41) is 13.6. The first kappa shape index (κ1) is 17.9. The molecule has 0 saturated carbocycles. The van der Waals surface area contributed by atoms with Gasteiger partial charge in [-0.15, -0.1) is 0 Å². The van der Waals surface area contributed by atoms with E-state index < -0.39 is 6.10 Å². The van der Waals surface area contributed by atoms with Crippen LogP contribution in [0.1, 0.15) is 28.4 Å². The highest BCUT2D eigenvalue weighted by Crippen LogP contribution is 2.22. The second-order valence-electron chi connectivity index (χ2n) is 6.72. The number of hydrogen-bond acceptors (Lipinski definition) is 3. The summed E-state index contributed by atoms with van der Waals surface area (Å²) in [5.74, 6) is -0.211. The second-order valence-corrected chi connectivity index (χ2v) is 6.72. The van der Waals surface area contributed by atoms with Gasteiger partial charge in [-0.05, 0) is 51.1 Å². The van der Waals surface area contributed by atoms with Crippen LogP contribution in [-0.4, -0.2) is 21.7 Å². The number of amides is 1. The lowest BCUT2D eigenvalue weighted by molar-refractivity contribution is 0.102. The molecule has 1 aromatic heterocycles. The van der Waals surface area contributed by atoms with Crippen molar-refractivity contribution in [2.75, 3.05) is 5.32 Å². The first-order chi connectivity index (χ1) is 12.3. The van der Waals surface area contributed by atoms with Crippen molar-refractivity contribution in [3.8, 4) is 0 Å². The molecule has 0 spiro atoms. The molecule has 5 nitrogen and oxygen atoms in total. The van der Waals surface area contributed by atoms with Gasteiger partial charge in [-0.2, -0.15) is 0 Å². The van der Waals surface area contributed by atoms with Crippen LogP contribution < -0.4 is 10.9 Å². The smallest absolute Gasteiger partial charge is 0.258 e. The maximum atomic E-state index is 12.6. The van der Waals surface area contributed by atoms with E-state index in [1.54, 1.807) is 37.4 Å². The number of rotatable bonds is 4. The lowest BCUT2D eigenvalue weighted by Gasteiger charge is -2.12. The largest absolute Gasteiger partial charge is 0.392 e. The summed E-state index contributed by atoms with van der Waals surface area (Å²) in [6, 6.07) is 12.7. The number of nitrogens with zero attached hydrogens (tertiary/aromatic N) is 1. The molecular formula is C21H22N2O3. The number of aromatic nitrogens is 1. The van der Waals surface area contributed by atoms with Crippen LogP contribution >= 0.6 is 0 Å². The van der Waals surface area contributed by atoms with E-state index in [0.29, 0.717) is 22.0 Å². The van der Waals surface area contributed by atoms with E-state index >= 15 is 0 Å². The highest BCUT2D eigenvalue weighted by Gasteiger charge is 2.12. The molecule has 2 aromatic carbocycles. The minimum Gasteiger partial charge on any atom is -0.392 e. The number of aryl methyl sites for hydroxylation is 2. The van der Waals surface area contributed by atoms with Gasteiger partial charge in [-0.1, -0.05) is 23.3 Å². The first-order valence-electron chi connectivity index (χ1n) is 8.55. The number of anilines is 1. The van der Waals surface area contributed by atoms with Crippen molar-refractivity contribution in [3.63, 3.8) is 0 Å². The average molecular weight is 350 g/mol. The van der Waals surface area contributed by atoms with E-state index in [-0.39, 0.29) is 18.0 Å². The van der Waals surface area contributed by atoms with Gasteiger partial charge in [0.15, 0.2) is 0 Å². The lowest BCUT2D eigenvalue weighted by Crippen LogP contribution is -2.25. The van der Waals surface area contributed by atoms with Crippen molar-refractivity contribution >= 4 is 22.4 Å². The molecule has 26 heavy (non-hydrogen) atoms.